The summed E-state index contributed by atoms with van der Waals surface area (Å²) >= 11 is 3.58. The predicted octanol–water partition coefficient (Wildman–Crippen LogP) is 5.47. The molecule has 2 rings (SSSR count). The van der Waals surface area contributed by atoms with Crippen LogP contribution in [0.3, 0.4) is 0 Å². The summed E-state index contributed by atoms with van der Waals surface area (Å²) in [7, 11) is 0. The molecule has 0 saturated carbocycles. The third-order valence-corrected chi connectivity index (χ3v) is 4.58. The summed E-state index contributed by atoms with van der Waals surface area (Å²) in [5.41, 5.74) is 6.38. The maximum atomic E-state index is 13.4. The number of rotatable bonds is 4. The Hall–Kier alpha value is -1.15. The lowest BCUT2D eigenvalue weighted by atomic mass is 9.88. The zero-order valence-corrected chi connectivity index (χ0v) is 13.8. The first-order valence-electron chi connectivity index (χ1n) is 6.89. The normalized spacial score (nSPS) is 12.4. The van der Waals surface area contributed by atoms with Gasteiger partial charge in [0.25, 0.3) is 0 Å². The van der Waals surface area contributed by atoms with Crippen molar-refractivity contribution in [1.29, 1.82) is 0 Å². The molecule has 0 bridgehead atoms. The standard InChI is InChI=1S/C18H20BrF/c1-12-7-13(2)18(14(3)8-12)10-16(11-19)15-5-4-6-17(20)9-15/h4-9,16H,10-11H2,1-3H3. The van der Waals surface area contributed by atoms with Crippen LogP contribution >= 0.6 is 15.9 Å². The molecule has 0 aliphatic carbocycles. The number of benzene rings is 2. The molecule has 0 N–H and O–H groups in total. The Kier molecular flexibility index (Phi) is 4.98. The van der Waals surface area contributed by atoms with E-state index in [0.29, 0.717) is 5.92 Å². The van der Waals surface area contributed by atoms with Crippen LogP contribution in [0.5, 0.6) is 0 Å². The van der Waals surface area contributed by atoms with Gasteiger partial charge in [-0.3, -0.25) is 0 Å². The highest BCUT2D eigenvalue weighted by Crippen LogP contribution is 2.27. The fourth-order valence-electron chi connectivity index (χ4n) is 2.80. The molecule has 2 aromatic rings. The van der Waals surface area contributed by atoms with Gasteiger partial charge in [0, 0.05) is 5.33 Å². The summed E-state index contributed by atoms with van der Waals surface area (Å²) in [6.45, 7) is 6.44. The van der Waals surface area contributed by atoms with Crippen LogP contribution in [0.2, 0.25) is 0 Å². The highest BCUT2D eigenvalue weighted by Gasteiger charge is 2.15. The van der Waals surface area contributed by atoms with Gasteiger partial charge < -0.3 is 0 Å². The molecule has 0 radical (unpaired) electrons. The zero-order valence-electron chi connectivity index (χ0n) is 12.2. The molecule has 2 heteroatoms. The molecule has 0 heterocycles. The van der Waals surface area contributed by atoms with Gasteiger partial charge in [-0.05, 0) is 67.5 Å². The Morgan fingerprint density at radius 3 is 2.25 bits per heavy atom. The second-order valence-electron chi connectivity index (χ2n) is 5.49. The number of aryl methyl sites for hydroxylation is 3. The van der Waals surface area contributed by atoms with E-state index in [4.69, 9.17) is 0 Å². The Balaban J connectivity index is 2.32. The Labute approximate surface area is 129 Å². The van der Waals surface area contributed by atoms with Gasteiger partial charge in [0.05, 0.1) is 0 Å². The third-order valence-electron chi connectivity index (χ3n) is 3.80. The summed E-state index contributed by atoms with van der Waals surface area (Å²) in [4.78, 5) is 0. The fourth-order valence-corrected chi connectivity index (χ4v) is 3.40. The molecule has 0 aliphatic heterocycles. The van der Waals surface area contributed by atoms with E-state index in [1.54, 1.807) is 12.1 Å². The summed E-state index contributed by atoms with van der Waals surface area (Å²) in [6.07, 6.45) is 0.937. The zero-order chi connectivity index (χ0) is 14.7. The van der Waals surface area contributed by atoms with Crippen molar-refractivity contribution in [2.45, 2.75) is 33.1 Å². The van der Waals surface area contributed by atoms with Gasteiger partial charge in [-0.25, -0.2) is 4.39 Å². The van der Waals surface area contributed by atoms with E-state index in [2.05, 4.69) is 48.8 Å². The van der Waals surface area contributed by atoms with Gasteiger partial charge in [-0.1, -0.05) is 45.8 Å². The Bertz CT molecular complexity index is 581. The van der Waals surface area contributed by atoms with Gasteiger partial charge in [-0.2, -0.15) is 0 Å². The van der Waals surface area contributed by atoms with Crippen molar-refractivity contribution in [1.82, 2.24) is 0 Å². The minimum Gasteiger partial charge on any atom is -0.207 e. The number of hydrogen-bond donors (Lipinski definition) is 0. The lowest BCUT2D eigenvalue weighted by Crippen LogP contribution is -2.07. The largest absolute Gasteiger partial charge is 0.207 e. The molecule has 0 aliphatic rings. The van der Waals surface area contributed by atoms with Gasteiger partial charge in [-0.15, -0.1) is 0 Å². The van der Waals surface area contributed by atoms with Crippen LogP contribution in [-0.2, 0) is 6.42 Å². The topological polar surface area (TPSA) is 0 Å². The average molecular weight is 335 g/mol. The third kappa shape index (κ3) is 3.49. The smallest absolute Gasteiger partial charge is 0.123 e. The van der Waals surface area contributed by atoms with Crippen molar-refractivity contribution < 1.29 is 4.39 Å². The maximum absolute atomic E-state index is 13.4. The van der Waals surface area contributed by atoms with Crippen LogP contribution in [-0.4, -0.2) is 5.33 Å². The molecule has 20 heavy (non-hydrogen) atoms. The highest BCUT2D eigenvalue weighted by molar-refractivity contribution is 9.09. The average Bonchev–Trinajstić information content (AvgIpc) is 2.38. The van der Waals surface area contributed by atoms with Crippen molar-refractivity contribution >= 4 is 15.9 Å². The minimum atomic E-state index is -0.161. The first kappa shape index (κ1) is 15.2. The SMILES string of the molecule is Cc1cc(C)c(CC(CBr)c2cccc(F)c2)c(C)c1. The van der Waals surface area contributed by atoms with Crippen molar-refractivity contribution in [2.24, 2.45) is 0 Å². The summed E-state index contributed by atoms with van der Waals surface area (Å²) in [5, 5.41) is 0.837. The molecule has 2 aromatic carbocycles. The van der Waals surface area contributed by atoms with Crippen LogP contribution in [0.25, 0.3) is 0 Å². The first-order chi connectivity index (χ1) is 9.51. The van der Waals surface area contributed by atoms with Gasteiger partial charge in [0.2, 0.25) is 0 Å². The molecule has 1 atom stereocenters. The second-order valence-corrected chi connectivity index (χ2v) is 6.14. The molecule has 0 amide bonds. The second kappa shape index (κ2) is 6.53. The molecule has 0 nitrogen and oxygen atoms in total. The van der Waals surface area contributed by atoms with Crippen LogP contribution in [0.1, 0.15) is 33.7 Å². The van der Waals surface area contributed by atoms with E-state index >= 15 is 0 Å². The Morgan fingerprint density at radius 1 is 1.05 bits per heavy atom. The van der Waals surface area contributed by atoms with E-state index in [9.17, 15) is 4.39 Å². The minimum absolute atomic E-state index is 0.161. The highest BCUT2D eigenvalue weighted by atomic mass is 79.9. The quantitative estimate of drug-likeness (QED) is 0.650. The number of hydrogen-bond acceptors (Lipinski definition) is 0. The summed E-state index contributed by atoms with van der Waals surface area (Å²) in [6, 6.07) is 11.4. The van der Waals surface area contributed by atoms with Crippen LogP contribution in [0.4, 0.5) is 4.39 Å². The lowest BCUT2D eigenvalue weighted by Gasteiger charge is -2.18. The predicted molar refractivity (Wildman–Crippen MR) is 87.3 cm³/mol. The molecular weight excluding hydrogens is 315 g/mol. The maximum Gasteiger partial charge on any atom is 0.123 e. The first-order valence-corrected chi connectivity index (χ1v) is 8.01. The summed E-state index contributed by atoms with van der Waals surface area (Å²) < 4.78 is 13.4. The molecular formula is C18H20BrF. The van der Waals surface area contributed by atoms with Crippen molar-refractivity contribution in [2.75, 3.05) is 5.33 Å². The fraction of sp³-hybridized carbons (Fsp3) is 0.333. The van der Waals surface area contributed by atoms with E-state index in [0.717, 1.165) is 17.3 Å². The molecule has 0 fully saturated rings. The van der Waals surface area contributed by atoms with Crippen molar-refractivity contribution in [3.05, 3.63) is 70.0 Å². The van der Waals surface area contributed by atoms with E-state index in [-0.39, 0.29) is 5.82 Å². The van der Waals surface area contributed by atoms with Crippen LogP contribution < -0.4 is 0 Å². The van der Waals surface area contributed by atoms with Crippen molar-refractivity contribution in [3.8, 4) is 0 Å². The lowest BCUT2D eigenvalue weighted by molar-refractivity contribution is 0.621. The van der Waals surface area contributed by atoms with E-state index in [1.807, 2.05) is 6.07 Å². The van der Waals surface area contributed by atoms with Crippen LogP contribution in [0, 0.1) is 26.6 Å². The number of halogens is 2. The van der Waals surface area contributed by atoms with E-state index in [1.165, 1.54) is 28.3 Å². The Morgan fingerprint density at radius 2 is 1.70 bits per heavy atom. The van der Waals surface area contributed by atoms with Crippen molar-refractivity contribution in [3.63, 3.8) is 0 Å². The molecule has 106 valence electrons. The summed E-state index contributed by atoms with van der Waals surface area (Å²) in [5.74, 6) is 0.136. The van der Waals surface area contributed by atoms with Crippen LogP contribution in [0.15, 0.2) is 36.4 Å². The van der Waals surface area contributed by atoms with Gasteiger partial charge in [0.1, 0.15) is 5.82 Å². The molecule has 0 saturated heterocycles. The van der Waals surface area contributed by atoms with Gasteiger partial charge >= 0.3 is 0 Å². The molecule has 0 spiro atoms. The monoisotopic (exact) mass is 334 g/mol. The number of alkyl halides is 1. The van der Waals surface area contributed by atoms with E-state index < -0.39 is 0 Å². The molecule has 0 aromatic heterocycles. The molecule has 1 unspecified atom stereocenters. The van der Waals surface area contributed by atoms with Gasteiger partial charge in [0.15, 0.2) is 0 Å².